The highest BCUT2D eigenvalue weighted by atomic mass is 16.5. The molecule has 3 nitrogen and oxygen atoms in total. The van der Waals surface area contributed by atoms with Crippen LogP contribution in [0.25, 0.3) is 0 Å². The number of ether oxygens (including phenoxy) is 2. The van der Waals surface area contributed by atoms with Gasteiger partial charge in [0.2, 0.25) is 0 Å². The maximum Gasteiger partial charge on any atom is 0.0518 e. The Morgan fingerprint density at radius 3 is 1.81 bits per heavy atom. The standard InChI is InChI=1S/C13H29NO2/c1-12(2)15-10-6-5-8-14-9-7-11-16-13(3)4/h12-14H,5-11H2,1-4H3. The zero-order valence-corrected chi connectivity index (χ0v) is 11.4. The average Bonchev–Trinajstić information content (AvgIpc) is 2.20. The molecule has 3 heteroatoms. The van der Waals surface area contributed by atoms with Gasteiger partial charge >= 0.3 is 0 Å². The van der Waals surface area contributed by atoms with E-state index in [0.717, 1.165) is 39.1 Å². The molecular formula is C13H29NO2. The molecule has 0 aromatic carbocycles. The van der Waals surface area contributed by atoms with Crippen molar-refractivity contribution in [2.45, 2.75) is 59.2 Å². The lowest BCUT2D eigenvalue weighted by molar-refractivity contribution is 0.0745. The second kappa shape index (κ2) is 11.4. The fourth-order valence-electron chi connectivity index (χ4n) is 1.31. The van der Waals surface area contributed by atoms with Gasteiger partial charge in [-0.3, -0.25) is 0 Å². The molecule has 0 aliphatic rings. The van der Waals surface area contributed by atoms with Gasteiger partial charge < -0.3 is 14.8 Å². The van der Waals surface area contributed by atoms with Crippen molar-refractivity contribution in [1.29, 1.82) is 0 Å². The van der Waals surface area contributed by atoms with Gasteiger partial charge in [0.1, 0.15) is 0 Å². The summed E-state index contributed by atoms with van der Waals surface area (Å²) in [6.07, 6.45) is 4.15. The van der Waals surface area contributed by atoms with Crippen LogP contribution in [-0.4, -0.2) is 38.5 Å². The van der Waals surface area contributed by atoms with E-state index in [-0.39, 0.29) is 0 Å². The minimum atomic E-state index is 0.355. The molecule has 1 N–H and O–H groups in total. The summed E-state index contributed by atoms with van der Waals surface area (Å²) in [7, 11) is 0. The van der Waals surface area contributed by atoms with Gasteiger partial charge in [-0.25, -0.2) is 0 Å². The van der Waals surface area contributed by atoms with E-state index < -0.39 is 0 Å². The quantitative estimate of drug-likeness (QED) is 0.554. The largest absolute Gasteiger partial charge is 0.379 e. The third kappa shape index (κ3) is 13.9. The summed E-state index contributed by atoms with van der Waals surface area (Å²) < 4.78 is 10.9. The topological polar surface area (TPSA) is 30.5 Å². The van der Waals surface area contributed by atoms with Crippen molar-refractivity contribution in [1.82, 2.24) is 5.32 Å². The Morgan fingerprint density at radius 2 is 1.25 bits per heavy atom. The summed E-state index contributed by atoms with van der Waals surface area (Å²) in [5.41, 5.74) is 0. The number of unbranched alkanes of at least 4 members (excludes halogenated alkanes) is 1. The van der Waals surface area contributed by atoms with Crippen molar-refractivity contribution in [3.05, 3.63) is 0 Å². The minimum Gasteiger partial charge on any atom is -0.379 e. The second-order valence-electron chi connectivity index (χ2n) is 4.65. The van der Waals surface area contributed by atoms with Crippen LogP contribution in [0.5, 0.6) is 0 Å². The third-order valence-electron chi connectivity index (χ3n) is 2.15. The zero-order chi connectivity index (χ0) is 12.2. The highest BCUT2D eigenvalue weighted by Crippen LogP contribution is 1.93. The predicted molar refractivity (Wildman–Crippen MR) is 68.9 cm³/mol. The van der Waals surface area contributed by atoms with Gasteiger partial charge in [-0.05, 0) is 60.0 Å². The first-order valence-electron chi connectivity index (χ1n) is 6.57. The molecule has 0 unspecified atom stereocenters. The van der Waals surface area contributed by atoms with Crippen LogP contribution in [0.15, 0.2) is 0 Å². The molecule has 0 bridgehead atoms. The number of hydrogen-bond acceptors (Lipinski definition) is 3. The third-order valence-corrected chi connectivity index (χ3v) is 2.15. The summed E-state index contributed by atoms with van der Waals surface area (Å²) in [6.45, 7) is 12.2. The van der Waals surface area contributed by atoms with Crippen LogP contribution in [0, 0.1) is 0 Å². The van der Waals surface area contributed by atoms with E-state index >= 15 is 0 Å². The molecule has 0 radical (unpaired) electrons. The normalized spacial score (nSPS) is 11.6. The number of rotatable bonds is 11. The van der Waals surface area contributed by atoms with E-state index in [0.29, 0.717) is 12.2 Å². The molecule has 98 valence electrons. The van der Waals surface area contributed by atoms with Crippen LogP contribution in [0.2, 0.25) is 0 Å². The van der Waals surface area contributed by atoms with E-state index in [4.69, 9.17) is 9.47 Å². The molecule has 16 heavy (non-hydrogen) atoms. The fraction of sp³-hybridized carbons (Fsp3) is 1.00. The van der Waals surface area contributed by atoms with Crippen molar-refractivity contribution < 1.29 is 9.47 Å². The van der Waals surface area contributed by atoms with Crippen molar-refractivity contribution in [3.63, 3.8) is 0 Å². The van der Waals surface area contributed by atoms with Crippen LogP contribution in [0.1, 0.15) is 47.0 Å². The van der Waals surface area contributed by atoms with E-state index in [2.05, 4.69) is 33.0 Å². The van der Waals surface area contributed by atoms with E-state index in [9.17, 15) is 0 Å². The molecule has 0 aliphatic carbocycles. The lowest BCUT2D eigenvalue weighted by Crippen LogP contribution is -2.19. The van der Waals surface area contributed by atoms with Gasteiger partial charge in [0.05, 0.1) is 12.2 Å². The maximum absolute atomic E-state index is 5.47. The van der Waals surface area contributed by atoms with Crippen LogP contribution in [0.4, 0.5) is 0 Å². The summed E-state index contributed by atoms with van der Waals surface area (Å²) in [6, 6.07) is 0. The zero-order valence-electron chi connectivity index (χ0n) is 11.4. The smallest absolute Gasteiger partial charge is 0.0518 e. The van der Waals surface area contributed by atoms with E-state index in [1.165, 1.54) is 6.42 Å². The Balaban J connectivity index is 2.93. The first-order valence-corrected chi connectivity index (χ1v) is 6.57. The first-order chi connectivity index (χ1) is 7.63. The summed E-state index contributed by atoms with van der Waals surface area (Å²) in [5.74, 6) is 0. The van der Waals surface area contributed by atoms with Crippen molar-refractivity contribution in [3.8, 4) is 0 Å². The molecule has 0 heterocycles. The first kappa shape index (κ1) is 15.9. The molecule has 0 aromatic heterocycles. The van der Waals surface area contributed by atoms with Gasteiger partial charge in [0.25, 0.3) is 0 Å². The summed E-state index contributed by atoms with van der Waals surface area (Å²) in [4.78, 5) is 0. The van der Waals surface area contributed by atoms with Crippen molar-refractivity contribution in [2.24, 2.45) is 0 Å². The second-order valence-corrected chi connectivity index (χ2v) is 4.65. The van der Waals surface area contributed by atoms with Crippen molar-refractivity contribution >= 4 is 0 Å². The van der Waals surface area contributed by atoms with Gasteiger partial charge in [-0.15, -0.1) is 0 Å². The van der Waals surface area contributed by atoms with Crippen LogP contribution in [-0.2, 0) is 9.47 Å². The van der Waals surface area contributed by atoms with E-state index in [1.54, 1.807) is 0 Å². The molecular weight excluding hydrogens is 202 g/mol. The Hall–Kier alpha value is -0.120. The maximum atomic E-state index is 5.47. The molecule has 0 saturated carbocycles. The van der Waals surface area contributed by atoms with Crippen LogP contribution >= 0.6 is 0 Å². The Bertz CT molecular complexity index is 122. The van der Waals surface area contributed by atoms with Crippen molar-refractivity contribution in [2.75, 3.05) is 26.3 Å². The minimum absolute atomic E-state index is 0.355. The highest BCUT2D eigenvalue weighted by molar-refractivity contribution is 4.49. The van der Waals surface area contributed by atoms with E-state index in [1.807, 2.05) is 0 Å². The van der Waals surface area contributed by atoms with Gasteiger partial charge in [-0.2, -0.15) is 0 Å². The van der Waals surface area contributed by atoms with Crippen LogP contribution < -0.4 is 5.32 Å². The average molecular weight is 231 g/mol. The molecule has 0 fully saturated rings. The van der Waals surface area contributed by atoms with Gasteiger partial charge in [0.15, 0.2) is 0 Å². The molecule has 0 spiro atoms. The molecule has 0 atom stereocenters. The SMILES string of the molecule is CC(C)OCCCCNCCCOC(C)C. The highest BCUT2D eigenvalue weighted by Gasteiger charge is 1.94. The lowest BCUT2D eigenvalue weighted by atomic mass is 10.3. The number of hydrogen-bond donors (Lipinski definition) is 1. The number of nitrogens with one attached hydrogen (secondary N) is 1. The van der Waals surface area contributed by atoms with Crippen LogP contribution in [0.3, 0.4) is 0 Å². The lowest BCUT2D eigenvalue weighted by Gasteiger charge is -2.09. The summed E-state index contributed by atoms with van der Waals surface area (Å²) >= 11 is 0. The Labute approximate surface area is 101 Å². The molecule has 0 aromatic rings. The predicted octanol–water partition coefficient (Wildman–Crippen LogP) is 2.60. The molecule has 0 aliphatic heterocycles. The molecule has 0 saturated heterocycles. The Kier molecular flexibility index (Phi) is 11.3. The molecule has 0 amide bonds. The monoisotopic (exact) mass is 231 g/mol. The molecule has 0 rings (SSSR count). The van der Waals surface area contributed by atoms with Gasteiger partial charge in [-0.1, -0.05) is 0 Å². The Morgan fingerprint density at radius 1 is 0.750 bits per heavy atom. The fourth-order valence-corrected chi connectivity index (χ4v) is 1.31. The summed E-state index contributed by atoms with van der Waals surface area (Å²) in [5, 5.41) is 3.41. The van der Waals surface area contributed by atoms with Gasteiger partial charge in [0, 0.05) is 13.2 Å².